The van der Waals surface area contributed by atoms with Crippen LogP contribution in [0.25, 0.3) is 22.8 Å². The first kappa shape index (κ1) is 13.2. The van der Waals surface area contributed by atoms with Crippen molar-refractivity contribution in [3.63, 3.8) is 0 Å². The fourth-order valence-electron chi connectivity index (χ4n) is 1.85. The molecule has 0 aliphatic rings. The van der Waals surface area contributed by atoms with Gasteiger partial charge in [-0.25, -0.2) is 13.2 Å². The van der Waals surface area contributed by atoms with Crippen LogP contribution in [0.15, 0.2) is 40.9 Å². The standard InChI is InChI=1S/C14H8F3N3O/c15-8-1-2-12(18)11(6-8)14-19-13(20-21-14)7-3-9(16)5-10(17)4-7/h1-6H,18H2. The highest BCUT2D eigenvalue weighted by Crippen LogP contribution is 2.27. The number of halogens is 3. The molecule has 0 aliphatic heterocycles. The summed E-state index contributed by atoms with van der Waals surface area (Å²) in [6, 6.07) is 6.54. The van der Waals surface area contributed by atoms with E-state index in [9.17, 15) is 13.2 Å². The van der Waals surface area contributed by atoms with Crippen LogP contribution >= 0.6 is 0 Å². The molecule has 1 aromatic heterocycles. The van der Waals surface area contributed by atoms with E-state index in [2.05, 4.69) is 10.1 Å². The van der Waals surface area contributed by atoms with E-state index in [1.807, 2.05) is 0 Å². The molecule has 0 radical (unpaired) electrons. The Kier molecular flexibility index (Phi) is 3.09. The summed E-state index contributed by atoms with van der Waals surface area (Å²) in [6.45, 7) is 0. The van der Waals surface area contributed by atoms with Crippen molar-refractivity contribution in [2.24, 2.45) is 0 Å². The summed E-state index contributed by atoms with van der Waals surface area (Å²) in [5.41, 5.74) is 6.27. The Morgan fingerprint density at radius 1 is 0.905 bits per heavy atom. The molecule has 106 valence electrons. The molecule has 0 aliphatic carbocycles. The molecule has 2 aromatic carbocycles. The normalized spacial score (nSPS) is 10.8. The molecule has 3 aromatic rings. The van der Waals surface area contributed by atoms with Crippen molar-refractivity contribution < 1.29 is 17.7 Å². The second kappa shape index (κ2) is 4.93. The number of nitrogen functional groups attached to an aromatic ring is 1. The Bertz CT molecular complexity index is 797. The maximum atomic E-state index is 13.2. The summed E-state index contributed by atoms with van der Waals surface area (Å²) in [5.74, 6) is -2.10. The molecular weight excluding hydrogens is 283 g/mol. The van der Waals surface area contributed by atoms with E-state index in [4.69, 9.17) is 10.3 Å². The SMILES string of the molecule is Nc1ccc(F)cc1-c1nc(-c2cc(F)cc(F)c2)no1. The first-order valence-corrected chi connectivity index (χ1v) is 5.88. The smallest absolute Gasteiger partial charge is 0.260 e. The Hall–Kier alpha value is -2.83. The predicted octanol–water partition coefficient (Wildman–Crippen LogP) is 3.40. The van der Waals surface area contributed by atoms with Gasteiger partial charge in [-0.3, -0.25) is 0 Å². The summed E-state index contributed by atoms with van der Waals surface area (Å²) < 4.78 is 44.5. The molecular formula is C14H8F3N3O. The highest BCUT2D eigenvalue weighted by molar-refractivity contribution is 5.71. The van der Waals surface area contributed by atoms with E-state index in [-0.39, 0.29) is 28.5 Å². The van der Waals surface area contributed by atoms with Gasteiger partial charge in [0.25, 0.3) is 5.89 Å². The van der Waals surface area contributed by atoms with Crippen molar-refractivity contribution in [2.75, 3.05) is 5.73 Å². The lowest BCUT2D eigenvalue weighted by molar-refractivity contribution is 0.432. The number of anilines is 1. The average Bonchev–Trinajstić information content (AvgIpc) is 2.90. The van der Waals surface area contributed by atoms with E-state index in [1.54, 1.807) is 0 Å². The highest BCUT2D eigenvalue weighted by Gasteiger charge is 2.15. The number of rotatable bonds is 2. The predicted molar refractivity (Wildman–Crippen MR) is 69.5 cm³/mol. The van der Waals surface area contributed by atoms with Crippen molar-refractivity contribution in [3.8, 4) is 22.8 Å². The van der Waals surface area contributed by atoms with Crippen LogP contribution in [0.5, 0.6) is 0 Å². The number of nitrogens with two attached hydrogens (primary N) is 1. The third-order valence-electron chi connectivity index (χ3n) is 2.79. The fraction of sp³-hybridized carbons (Fsp3) is 0. The number of benzene rings is 2. The molecule has 0 unspecified atom stereocenters. The van der Waals surface area contributed by atoms with E-state index in [0.29, 0.717) is 0 Å². The second-order valence-electron chi connectivity index (χ2n) is 4.31. The molecule has 2 N–H and O–H groups in total. The van der Waals surface area contributed by atoms with Crippen LogP contribution < -0.4 is 5.73 Å². The Morgan fingerprint density at radius 3 is 2.33 bits per heavy atom. The Morgan fingerprint density at radius 2 is 1.62 bits per heavy atom. The zero-order valence-corrected chi connectivity index (χ0v) is 10.5. The molecule has 0 saturated heterocycles. The lowest BCUT2D eigenvalue weighted by atomic mass is 10.1. The van der Waals surface area contributed by atoms with Crippen LogP contribution in [0.4, 0.5) is 18.9 Å². The van der Waals surface area contributed by atoms with E-state index in [1.165, 1.54) is 12.1 Å². The summed E-state index contributed by atoms with van der Waals surface area (Å²) >= 11 is 0. The second-order valence-corrected chi connectivity index (χ2v) is 4.31. The molecule has 0 atom stereocenters. The van der Waals surface area contributed by atoms with Gasteiger partial charge < -0.3 is 10.3 Å². The Balaban J connectivity index is 2.05. The van der Waals surface area contributed by atoms with Crippen LogP contribution in [-0.4, -0.2) is 10.1 Å². The zero-order chi connectivity index (χ0) is 15.0. The quantitative estimate of drug-likeness (QED) is 0.735. The topological polar surface area (TPSA) is 64.9 Å². The van der Waals surface area contributed by atoms with Gasteiger partial charge in [0.05, 0.1) is 5.56 Å². The first-order chi connectivity index (χ1) is 10.0. The van der Waals surface area contributed by atoms with Crippen molar-refractivity contribution >= 4 is 5.69 Å². The van der Waals surface area contributed by atoms with Gasteiger partial charge in [0.15, 0.2) is 0 Å². The maximum absolute atomic E-state index is 13.2. The average molecular weight is 291 g/mol. The third-order valence-corrected chi connectivity index (χ3v) is 2.79. The first-order valence-electron chi connectivity index (χ1n) is 5.88. The molecule has 0 saturated carbocycles. The van der Waals surface area contributed by atoms with E-state index in [0.717, 1.165) is 24.3 Å². The molecule has 0 bridgehead atoms. The van der Waals surface area contributed by atoms with Crippen molar-refractivity contribution in [2.45, 2.75) is 0 Å². The molecule has 3 rings (SSSR count). The summed E-state index contributed by atoms with van der Waals surface area (Å²) in [4.78, 5) is 3.98. The van der Waals surface area contributed by atoms with E-state index >= 15 is 0 Å². The van der Waals surface area contributed by atoms with Crippen LogP contribution in [0, 0.1) is 17.5 Å². The number of hydrogen-bond acceptors (Lipinski definition) is 4. The van der Waals surface area contributed by atoms with E-state index < -0.39 is 17.5 Å². The Labute approximate surface area is 117 Å². The minimum Gasteiger partial charge on any atom is -0.398 e. The minimum absolute atomic E-state index is 0.0212. The van der Waals surface area contributed by atoms with Gasteiger partial charge in [0.1, 0.15) is 17.5 Å². The van der Waals surface area contributed by atoms with Crippen LogP contribution in [-0.2, 0) is 0 Å². The largest absolute Gasteiger partial charge is 0.398 e. The minimum atomic E-state index is -0.762. The van der Waals surface area contributed by atoms with Crippen molar-refractivity contribution in [1.29, 1.82) is 0 Å². The summed E-state index contributed by atoms with van der Waals surface area (Å²) in [6.07, 6.45) is 0. The number of hydrogen-bond donors (Lipinski definition) is 1. The molecule has 4 nitrogen and oxygen atoms in total. The molecule has 21 heavy (non-hydrogen) atoms. The number of aromatic nitrogens is 2. The van der Waals surface area contributed by atoms with Crippen LogP contribution in [0.3, 0.4) is 0 Å². The monoisotopic (exact) mass is 291 g/mol. The number of nitrogens with zero attached hydrogens (tertiary/aromatic N) is 2. The molecule has 7 heteroatoms. The highest BCUT2D eigenvalue weighted by atomic mass is 19.1. The van der Waals surface area contributed by atoms with Gasteiger partial charge in [0.2, 0.25) is 5.82 Å². The van der Waals surface area contributed by atoms with Gasteiger partial charge >= 0.3 is 0 Å². The molecule has 0 spiro atoms. The molecule has 0 fully saturated rings. The maximum Gasteiger partial charge on any atom is 0.260 e. The van der Waals surface area contributed by atoms with Crippen LogP contribution in [0.1, 0.15) is 0 Å². The van der Waals surface area contributed by atoms with Gasteiger partial charge in [0, 0.05) is 17.3 Å². The van der Waals surface area contributed by atoms with Gasteiger partial charge in [-0.1, -0.05) is 5.16 Å². The third kappa shape index (κ3) is 2.58. The van der Waals surface area contributed by atoms with Gasteiger partial charge in [-0.2, -0.15) is 4.98 Å². The van der Waals surface area contributed by atoms with Gasteiger partial charge in [-0.05, 0) is 30.3 Å². The molecule has 0 amide bonds. The van der Waals surface area contributed by atoms with Crippen molar-refractivity contribution in [3.05, 3.63) is 53.8 Å². The lowest BCUT2D eigenvalue weighted by Crippen LogP contribution is -1.91. The van der Waals surface area contributed by atoms with Crippen LogP contribution in [0.2, 0.25) is 0 Å². The molecule has 1 heterocycles. The lowest BCUT2D eigenvalue weighted by Gasteiger charge is -1.99. The fourth-order valence-corrected chi connectivity index (χ4v) is 1.85. The van der Waals surface area contributed by atoms with Crippen molar-refractivity contribution in [1.82, 2.24) is 10.1 Å². The summed E-state index contributed by atoms with van der Waals surface area (Å²) in [7, 11) is 0. The zero-order valence-electron chi connectivity index (χ0n) is 10.5. The van der Waals surface area contributed by atoms with Gasteiger partial charge in [-0.15, -0.1) is 0 Å². The summed E-state index contributed by atoms with van der Waals surface area (Å²) in [5, 5.41) is 3.62.